The third-order valence-electron chi connectivity index (χ3n) is 3.33. The maximum absolute atomic E-state index is 12.2. The van der Waals surface area contributed by atoms with Gasteiger partial charge in [-0.3, -0.25) is 9.59 Å². The fraction of sp³-hybridized carbons (Fsp3) is 0.571. The van der Waals surface area contributed by atoms with Gasteiger partial charge < -0.3 is 14.7 Å². The first kappa shape index (κ1) is 15.0. The van der Waals surface area contributed by atoms with Gasteiger partial charge in [-0.25, -0.2) is 0 Å². The average molecular weight is 297 g/mol. The third kappa shape index (κ3) is 4.61. The Morgan fingerprint density at radius 1 is 1.50 bits per heavy atom. The largest absolute Gasteiger partial charge is 0.480 e. The molecule has 1 saturated heterocycles. The number of hydrogen-bond acceptors (Lipinski definition) is 4. The lowest BCUT2D eigenvalue weighted by Gasteiger charge is -2.23. The molecule has 6 heteroatoms. The van der Waals surface area contributed by atoms with Crippen LogP contribution < -0.4 is 0 Å². The third-order valence-corrected chi connectivity index (χ3v) is 4.07. The zero-order valence-electron chi connectivity index (χ0n) is 11.3. The van der Waals surface area contributed by atoms with E-state index in [1.807, 2.05) is 16.8 Å². The molecular formula is C14H19NO4S. The van der Waals surface area contributed by atoms with Gasteiger partial charge >= 0.3 is 5.97 Å². The van der Waals surface area contributed by atoms with Gasteiger partial charge in [0.05, 0.1) is 6.10 Å². The first-order chi connectivity index (χ1) is 9.65. The Morgan fingerprint density at radius 3 is 2.95 bits per heavy atom. The number of carboxylic acids is 1. The molecular weight excluding hydrogens is 278 g/mol. The highest BCUT2D eigenvalue weighted by Crippen LogP contribution is 2.15. The molecule has 0 unspecified atom stereocenters. The highest BCUT2D eigenvalue weighted by molar-refractivity contribution is 7.07. The number of thiophene rings is 1. The minimum absolute atomic E-state index is 0.0144. The van der Waals surface area contributed by atoms with Crippen LogP contribution >= 0.6 is 11.3 Å². The second-order valence-electron chi connectivity index (χ2n) is 4.93. The molecule has 0 saturated carbocycles. The molecule has 1 amide bonds. The quantitative estimate of drug-likeness (QED) is 0.833. The van der Waals surface area contributed by atoms with Crippen molar-refractivity contribution in [2.24, 2.45) is 0 Å². The molecule has 1 aliphatic heterocycles. The van der Waals surface area contributed by atoms with E-state index in [1.165, 1.54) is 4.90 Å². The van der Waals surface area contributed by atoms with Crippen molar-refractivity contribution in [3.63, 3.8) is 0 Å². The van der Waals surface area contributed by atoms with Crippen molar-refractivity contribution in [1.82, 2.24) is 4.90 Å². The smallest absolute Gasteiger partial charge is 0.323 e. The van der Waals surface area contributed by atoms with E-state index in [1.54, 1.807) is 11.3 Å². The summed E-state index contributed by atoms with van der Waals surface area (Å²) < 4.78 is 5.48. The predicted molar refractivity (Wildman–Crippen MR) is 75.8 cm³/mol. The summed E-state index contributed by atoms with van der Waals surface area (Å²) in [6.45, 7) is 0.839. The zero-order valence-corrected chi connectivity index (χ0v) is 12.1. The molecule has 20 heavy (non-hydrogen) atoms. The molecule has 1 fully saturated rings. The highest BCUT2D eigenvalue weighted by atomic mass is 32.1. The normalized spacial score (nSPS) is 18.1. The molecule has 0 aromatic carbocycles. The molecule has 1 aliphatic rings. The van der Waals surface area contributed by atoms with E-state index < -0.39 is 5.97 Å². The van der Waals surface area contributed by atoms with Gasteiger partial charge in [-0.05, 0) is 41.7 Å². The van der Waals surface area contributed by atoms with Crippen LogP contribution in [0, 0.1) is 0 Å². The predicted octanol–water partition coefficient (Wildman–Crippen LogP) is 1.77. The summed E-state index contributed by atoms with van der Waals surface area (Å²) in [5.74, 6) is -1.10. The molecule has 0 radical (unpaired) electrons. The minimum atomic E-state index is -0.980. The Morgan fingerprint density at radius 2 is 2.35 bits per heavy atom. The van der Waals surface area contributed by atoms with Crippen LogP contribution in [0.2, 0.25) is 0 Å². The summed E-state index contributed by atoms with van der Waals surface area (Å²) in [5.41, 5.74) is 1.12. The second kappa shape index (κ2) is 7.40. The first-order valence-corrected chi connectivity index (χ1v) is 7.71. The van der Waals surface area contributed by atoms with E-state index >= 15 is 0 Å². The van der Waals surface area contributed by atoms with E-state index in [2.05, 4.69) is 0 Å². The van der Waals surface area contributed by atoms with Gasteiger partial charge in [-0.15, -0.1) is 0 Å². The molecule has 2 rings (SSSR count). The van der Waals surface area contributed by atoms with Crippen LogP contribution in [0.1, 0.15) is 24.8 Å². The standard InChI is InChI=1S/C14H19NO4S/c16-13(4-3-11-5-7-20-10-11)15(9-14(17)18)8-12-2-1-6-19-12/h5,7,10,12H,1-4,6,8-9H2,(H,17,18)/t12-/m1/s1. The number of nitrogens with zero attached hydrogens (tertiary/aromatic N) is 1. The van der Waals surface area contributed by atoms with Crippen LogP contribution in [0.15, 0.2) is 16.8 Å². The number of ether oxygens (including phenoxy) is 1. The van der Waals surface area contributed by atoms with E-state index in [-0.39, 0.29) is 18.6 Å². The number of rotatable bonds is 7. The Labute approximate surface area is 122 Å². The van der Waals surface area contributed by atoms with E-state index in [9.17, 15) is 9.59 Å². The Bertz CT molecular complexity index is 440. The van der Waals surface area contributed by atoms with E-state index in [0.29, 0.717) is 26.0 Å². The van der Waals surface area contributed by atoms with E-state index in [0.717, 1.165) is 18.4 Å². The average Bonchev–Trinajstić information content (AvgIpc) is 3.07. The van der Waals surface area contributed by atoms with Gasteiger partial charge in [0.25, 0.3) is 0 Å². The molecule has 0 spiro atoms. The van der Waals surface area contributed by atoms with Gasteiger partial charge in [0.15, 0.2) is 0 Å². The molecule has 0 bridgehead atoms. The summed E-state index contributed by atoms with van der Waals surface area (Å²) in [7, 11) is 0. The fourth-order valence-electron chi connectivity index (χ4n) is 2.30. The Kier molecular flexibility index (Phi) is 5.55. The lowest BCUT2D eigenvalue weighted by atomic mass is 10.1. The summed E-state index contributed by atoms with van der Waals surface area (Å²) in [6.07, 6.45) is 2.86. The number of carbonyl (C=O) groups excluding carboxylic acids is 1. The molecule has 0 aliphatic carbocycles. The molecule has 2 heterocycles. The first-order valence-electron chi connectivity index (χ1n) is 6.77. The van der Waals surface area contributed by atoms with Crippen LogP contribution in [-0.2, 0) is 20.7 Å². The van der Waals surface area contributed by atoms with Crippen molar-refractivity contribution in [2.45, 2.75) is 31.8 Å². The maximum atomic E-state index is 12.2. The fourth-order valence-corrected chi connectivity index (χ4v) is 3.00. The summed E-state index contributed by atoms with van der Waals surface area (Å²) in [6, 6.07) is 1.99. The van der Waals surface area contributed by atoms with Crippen molar-refractivity contribution in [3.8, 4) is 0 Å². The Balaban J connectivity index is 1.86. The van der Waals surface area contributed by atoms with Crippen LogP contribution in [0.5, 0.6) is 0 Å². The highest BCUT2D eigenvalue weighted by Gasteiger charge is 2.23. The zero-order chi connectivity index (χ0) is 14.4. The lowest BCUT2D eigenvalue weighted by Crippen LogP contribution is -2.40. The van der Waals surface area contributed by atoms with Crippen LogP contribution in [-0.4, -0.2) is 47.7 Å². The van der Waals surface area contributed by atoms with Crippen molar-refractivity contribution in [3.05, 3.63) is 22.4 Å². The minimum Gasteiger partial charge on any atom is -0.480 e. The van der Waals surface area contributed by atoms with Crippen molar-refractivity contribution < 1.29 is 19.4 Å². The number of carbonyl (C=O) groups is 2. The van der Waals surface area contributed by atoms with Crippen molar-refractivity contribution in [1.29, 1.82) is 0 Å². The maximum Gasteiger partial charge on any atom is 0.323 e. The molecule has 110 valence electrons. The summed E-state index contributed by atoms with van der Waals surface area (Å²) in [4.78, 5) is 24.5. The monoisotopic (exact) mass is 297 g/mol. The Hall–Kier alpha value is -1.40. The molecule has 1 atom stereocenters. The molecule has 1 aromatic heterocycles. The SMILES string of the molecule is O=C(O)CN(C[C@H]1CCCO1)C(=O)CCc1ccsc1. The lowest BCUT2D eigenvalue weighted by molar-refractivity contribution is -0.145. The summed E-state index contributed by atoms with van der Waals surface area (Å²) >= 11 is 1.60. The molecule has 1 N–H and O–H groups in total. The second-order valence-corrected chi connectivity index (χ2v) is 5.71. The number of aliphatic carboxylic acids is 1. The van der Waals surface area contributed by atoms with Crippen LogP contribution in [0.25, 0.3) is 0 Å². The molecule has 5 nitrogen and oxygen atoms in total. The van der Waals surface area contributed by atoms with Crippen molar-refractivity contribution >= 4 is 23.2 Å². The van der Waals surface area contributed by atoms with Gasteiger partial charge in [0.2, 0.25) is 5.91 Å². The van der Waals surface area contributed by atoms with Gasteiger partial charge in [-0.2, -0.15) is 11.3 Å². The number of aryl methyl sites for hydroxylation is 1. The number of amides is 1. The van der Waals surface area contributed by atoms with Gasteiger partial charge in [0, 0.05) is 19.6 Å². The number of carboxylic acid groups (broad SMARTS) is 1. The van der Waals surface area contributed by atoms with Crippen LogP contribution in [0.4, 0.5) is 0 Å². The summed E-state index contributed by atoms with van der Waals surface area (Å²) in [5, 5.41) is 12.9. The topological polar surface area (TPSA) is 66.8 Å². The van der Waals surface area contributed by atoms with Crippen LogP contribution in [0.3, 0.4) is 0 Å². The van der Waals surface area contributed by atoms with E-state index in [4.69, 9.17) is 9.84 Å². The van der Waals surface area contributed by atoms with Gasteiger partial charge in [0.1, 0.15) is 6.54 Å². The number of hydrogen-bond donors (Lipinski definition) is 1. The van der Waals surface area contributed by atoms with Gasteiger partial charge in [-0.1, -0.05) is 0 Å². The van der Waals surface area contributed by atoms with Crippen molar-refractivity contribution in [2.75, 3.05) is 19.7 Å². The molecule has 1 aromatic rings.